The molecule has 4 rings (SSSR count). The summed E-state index contributed by atoms with van der Waals surface area (Å²) in [5, 5.41) is -1.21. The molecule has 1 aliphatic heterocycles. The molecule has 1 amide bonds. The number of halogens is 10. The number of rotatable bonds is 6. The van der Waals surface area contributed by atoms with Crippen molar-refractivity contribution in [2.45, 2.75) is 23.3 Å². The van der Waals surface area contributed by atoms with E-state index >= 15 is 17.6 Å². The van der Waals surface area contributed by atoms with Crippen LogP contribution < -0.4 is 4.90 Å². The van der Waals surface area contributed by atoms with Crippen LogP contribution >= 0.6 is 31.9 Å². The topological polar surface area (TPSA) is 32.8 Å². The van der Waals surface area contributed by atoms with Gasteiger partial charge in [-0.05, 0) is 5.56 Å². The third-order valence-corrected chi connectivity index (χ3v) is 7.57. The Morgan fingerprint density at radius 3 is 1.75 bits per heavy atom. The average Bonchev–Trinajstić information content (AvgIpc) is 2.96. The predicted molar refractivity (Wildman–Crippen MR) is 136 cm³/mol. The molecule has 40 heavy (non-hydrogen) atoms. The summed E-state index contributed by atoms with van der Waals surface area (Å²) >= 11 is 5.46. The zero-order valence-corrected chi connectivity index (χ0v) is 23.4. The lowest BCUT2D eigenvalue weighted by atomic mass is 9.97. The van der Waals surface area contributed by atoms with E-state index in [-0.39, 0.29) is 13.2 Å². The van der Waals surface area contributed by atoms with E-state index in [1.54, 1.807) is 30.3 Å². The van der Waals surface area contributed by atoms with Crippen LogP contribution in [0.25, 0.3) is 0 Å². The molecule has 1 heterocycles. The van der Waals surface area contributed by atoms with Crippen molar-refractivity contribution in [1.82, 2.24) is 4.90 Å². The third-order valence-electron chi connectivity index (χ3n) is 6.45. The van der Waals surface area contributed by atoms with Crippen molar-refractivity contribution in [2.75, 3.05) is 24.5 Å². The molecule has 0 radical (unpaired) electrons. The van der Waals surface area contributed by atoms with E-state index in [0.717, 1.165) is 4.90 Å². The standard InChI is InChI=1S/C26H18Br2F8N2O2/c27-8-13-17(29)21(33)16(22(34)18(13)30)15-10-37(26(39)40-11-12-4-2-1-3-5-12)6-7-38(15)25-23(35)19(31)14(9-28)20(32)24(25)36/h1-5,15H,6-11H2. The van der Waals surface area contributed by atoms with Gasteiger partial charge in [0, 0.05) is 41.4 Å². The number of alkyl halides is 2. The van der Waals surface area contributed by atoms with Crippen molar-refractivity contribution in [3.05, 3.63) is 99.1 Å². The van der Waals surface area contributed by atoms with E-state index in [2.05, 4.69) is 31.9 Å². The van der Waals surface area contributed by atoms with Gasteiger partial charge in [0.25, 0.3) is 0 Å². The highest BCUT2D eigenvalue weighted by Crippen LogP contribution is 2.41. The third kappa shape index (κ3) is 5.39. The molecule has 1 atom stereocenters. The van der Waals surface area contributed by atoms with Gasteiger partial charge in [0.15, 0.2) is 46.5 Å². The van der Waals surface area contributed by atoms with E-state index < -0.39 is 105 Å². The van der Waals surface area contributed by atoms with Crippen LogP contribution in [0.4, 0.5) is 45.6 Å². The first-order chi connectivity index (χ1) is 19.0. The highest BCUT2D eigenvalue weighted by atomic mass is 79.9. The summed E-state index contributed by atoms with van der Waals surface area (Å²) in [7, 11) is 0. The maximum atomic E-state index is 15.2. The van der Waals surface area contributed by atoms with Gasteiger partial charge in [0.05, 0.1) is 11.6 Å². The number of hydrogen-bond acceptors (Lipinski definition) is 3. The number of benzene rings is 3. The van der Waals surface area contributed by atoms with E-state index in [1.165, 1.54) is 0 Å². The van der Waals surface area contributed by atoms with Crippen LogP contribution in [0.2, 0.25) is 0 Å². The van der Waals surface area contributed by atoms with Crippen LogP contribution in [0, 0.1) is 46.5 Å². The first-order valence-electron chi connectivity index (χ1n) is 11.6. The molecule has 0 saturated carbocycles. The Balaban J connectivity index is 1.81. The second-order valence-electron chi connectivity index (χ2n) is 8.69. The monoisotopic (exact) mass is 700 g/mol. The van der Waals surface area contributed by atoms with Crippen molar-refractivity contribution >= 4 is 43.6 Å². The molecule has 3 aromatic carbocycles. The fraction of sp³-hybridized carbons (Fsp3) is 0.269. The maximum absolute atomic E-state index is 15.2. The van der Waals surface area contributed by atoms with Crippen LogP contribution in [0.3, 0.4) is 0 Å². The molecule has 1 unspecified atom stereocenters. The molecule has 3 aromatic rings. The van der Waals surface area contributed by atoms with E-state index in [9.17, 15) is 22.4 Å². The molecule has 4 nitrogen and oxygen atoms in total. The maximum Gasteiger partial charge on any atom is 0.410 e. The molecular formula is C26H18Br2F8N2O2. The minimum Gasteiger partial charge on any atom is -0.445 e. The summed E-state index contributed by atoms with van der Waals surface area (Å²) in [6.07, 6.45) is -1.01. The zero-order chi connectivity index (χ0) is 29.3. The highest BCUT2D eigenvalue weighted by molar-refractivity contribution is 9.08. The lowest BCUT2D eigenvalue weighted by Crippen LogP contribution is -2.52. The van der Waals surface area contributed by atoms with Gasteiger partial charge in [-0.15, -0.1) is 0 Å². The zero-order valence-electron chi connectivity index (χ0n) is 20.2. The second kappa shape index (κ2) is 12.3. The average molecular weight is 702 g/mol. The minimum atomic E-state index is -2.02. The van der Waals surface area contributed by atoms with Gasteiger partial charge in [-0.25, -0.2) is 39.9 Å². The van der Waals surface area contributed by atoms with Gasteiger partial charge >= 0.3 is 6.09 Å². The van der Waals surface area contributed by atoms with Crippen LogP contribution in [-0.4, -0.2) is 30.6 Å². The smallest absolute Gasteiger partial charge is 0.410 e. The van der Waals surface area contributed by atoms with E-state index in [1.807, 2.05) is 0 Å². The Hall–Kier alpha value is -2.87. The van der Waals surface area contributed by atoms with E-state index in [0.29, 0.717) is 10.5 Å². The first kappa shape index (κ1) is 30.1. The SMILES string of the molecule is O=C(OCc1ccccc1)N1CCN(c2c(F)c(F)c(CBr)c(F)c2F)C(c2c(F)c(F)c(CBr)c(F)c2F)C1. The minimum absolute atomic E-state index is 0.204. The Morgan fingerprint density at radius 1 is 0.750 bits per heavy atom. The molecule has 0 aromatic heterocycles. The van der Waals surface area contributed by atoms with Crippen LogP contribution in [0.15, 0.2) is 30.3 Å². The number of carbonyl (C=O) groups excluding carboxylic acids is 1. The number of nitrogens with zero attached hydrogens (tertiary/aromatic N) is 2. The lowest BCUT2D eigenvalue weighted by molar-refractivity contribution is 0.0881. The van der Waals surface area contributed by atoms with Gasteiger partial charge in [0.1, 0.15) is 12.3 Å². The summed E-state index contributed by atoms with van der Waals surface area (Å²) in [6, 6.07) is 6.38. The number of anilines is 1. The summed E-state index contributed by atoms with van der Waals surface area (Å²) < 4.78 is 125. The lowest BCUT2D eigenvalue weighted by Gasteiger charge is -2.43. The molecule has 0 spiro atoms. The van der Waals surface area contributed by atoms with Gasteiger partial charge in [0.2, 0.25) is 0 Å². The van der Waals surface area contributed by atoms with Crippen molar-refractivity contribution in [1.29, 1.82) is 0 Å². The molecule has 1 fully saturated rings. The summed E-state index contributed by atoms with van der Waals surface area (Å²) in [5.41, 5.74) is -4.05. The fourth-order valence-electron chi connectivity index (χ4n) is 4.41. The van der Waals surface area contributed by atoms with E-state index in [4.69, 9.17) is 4.74 Å². The van der Waals surface area contributed by atoms with Gasteiger partial charge in [-0.3, -0.25) is 0 Å². The second-order valence-corrected chi connectivity index (χ2v) is 9.82. The summed E-state index contributed by atoms with van der Waals surface area (Å²) in [4.78, 5) is 14.2. The van der Waals surface area contributed by atoms with Crippen molar-refractivity contribution in [3.63, 3.8) is 0 Å². The molecule has 0 bridgehead atoms. The number of ether oxygens (including phenoxy) is 1. The number of carbonyl (C=O) groups is 1. The summed E-state index contributed by atoms with van der Waals surface area (Å²) in [5.74, 6) is -14.7. The van der Waals surface area contributed by atoms with Crippen LogP contribution in [0.1, 0.15) is 28.3 Å². The van der Waals surface area contributed by atoms with Crippen molar-refractivity contribution < 1.29 is 44.7 Å². The first-order valence-corrected chi connectivity index (χ1v) is 13.8. The molecule has 1 saturated heterocycles. The van der Waals surface area contributed by atoms with Crippen LogP contribution in [0.5, 0.6) is 0 Å². The van der Waals surface area contributed by atoms with Gasteiger partial charge in [-0.2, -0.15) is 0 Å². The van der Waals surface area contributed by atoms with Crippen LogP contribution in [-0.2, 0) is 22.0 Å². The van der Waals surface area contributed by atoms with Crippen molar-refractivity contribution in [3.8, 4) is 0 Å². The highest BCUT2D eigenvalue weighted by Gasteiger charge is 2.41. The molecular weight excluding hydrogens is 684 g/mol. The Bertz CT molecular complexity index is 1390. The predicted octanol–water partition coefficient (Wildman–Crippen LogP) is 7.79. The quantitative estimate of drug-likeness (QED) is 0.150. The molecule has 0 aliphatic carbocycles. The molecule has 14 heteroatoms. The van der Waals surface area contributed by atoms with Crippen molar-refractivity contribution in [2.24, 2.45) is 0 Å². The van der Waals surface area contributed by atoms with Gasteiger partial charge < -0.3 is 14.5 Å². The number of amides is 1. The number of piperazine rings is 1. The molecule has 1 aliphatic rings. The Kier molecular flexibility index (Phi) is 9.28. The Labute approximate surface area is 239 Å². The Morgan fingerprint density at radius 2 is 1.25 bits per heavy atom. The normalized spacial score (nSPS) is 15.5. The van der Waals surface area contributed by atoms with Gasteiger partial charge in [-0.1, -0.05) is 62.2 Å². The number of hydrogen-bond donors (Lipinski definition) is 0. The fourth-order valence-corrected chi connectivity index (χ4v) is 5.40. The summed E-state index contributed by atoms with van der Waals surface area (Å²) in [6.45, 7) is -2.05. The largest absolute Gasteiger partial charge is 0.445 e. The molecule has 0 N–H and O–H groups in total. The molecule has 214 valence electrons.